The molecule has 0 atom stereocenters. The maximum Gasteiger partial charge on any atom is 0.363 e. The minimum atomic E-state index is -0.552. The first-order valence-corrected chi connectivity index (χ1v) is 7.11. The van der Waals surface area contributed by atoms with E-state index in [2.05, 4.69) is 4.99 Å². The molecule has 3 nitrogen and oxygen atoms in total. The summed E-state index contributed by atoms with van der Waals surface area (Å²) in [7, 11) is 0. The van der Waals surface area contributed by atoms with E-state index in [1.54, 1.807) is 24.3 Å². The zero-order valence-corrected chi connectivity index (χ0v) is 12.1. The zero-order chi connectivity index (χ0) is 16.2. The molecule has 0 saturated heterocycles. The molecule has 1 aliphatic rings. The lowest BCUT2D eigenvalue weighted by Crippen LogP contribution is -2.05. The molecule has 0 N–H and O–H groups in total. The van der Waals surface area contributed by atoms with Gasteiger partial charge in [-0.25, -0.2) is 18.6 Å². The Morgan fingerprint density at radius 3 is 2.52 bits per heavy atom. The van der Waals surface area contributed by atoms with Crippen LogP contribution in [-0.4, -0.2) is 11.9 Å². The number of hydrogen-bond acceptors (Lipinski definition) is 3. The highest BCUT2D eigenvalue weighted by atomic mass is 19.1. The second-order valence-corrected chi connectivity index (χ2v) is 5.11. The molecule has 3 rings (SSSR count). The highest BCUT2D eigenvalue weighted by Gasteiger charge is 2.22. The first-order valence-electron chi connectivity index (χ1n) is 7.11. The Balaban J connectivity index is 1.70. The lowest BCUT2D eigenvalue weighted by Gasteiger charge is -2.00. The number of esters is 1. The minimum absolute atomic E-state index is 0.143. The number of benzene rings is 2. The summed E-state index contributed by atoms with van der Waals surface area (Å²) in [5.41, 5.74) is 1.61. The van der Waals surface area contributed by atoms with Crippen LogP contribution in [0.15, 0.2) is 59.2 Å². The molecule has 1 aliphatic heterocycles. The van der Waals surface area contributed by atoms with Crippen LogP contribution in [0.5, 0.6) is 0 Å². The highest BCUT2D eigenvalue weighted by Crippen LogP contribution is 2.18. The number of halogens is 2. The molecular weight excluding hydrogens is 300 g/mol. The van der Waals surface area contributed by atoms with Gasteiger partial charge in [0, 0.05) is 6.42 Å². The standard InChI is InChI=1S/C18H13F2NO2/c19-14-7-4-12(5-8-14)6-9-17-21-16(18(22)23-17)11-13-2-1-3-15(20)10-13/h1-5,7-8,10-11H,6,9H2/b16-11+. The van der Waals surface area contributed by atoms with Crippen molar-refractivity contribution in [2.24, 2.45) is 4.99 Å². The summed E-state index contributed by atoms with van der Waals surface area (Å²) in [6.45, 7) is 0. The van der Waals surface area contributed by atoms with Crippen LogP contribution in [-0.2, 0) is 16.0 Å². The summed E-state index contributed by atoms with van der Waals surface area (Å²) >= 11 is 0. The summed E-state index contributed by atoms with van der Waals surface area (Å²) in [6.07, 6.45) is 2.49. The second-order valence-electron chi connectivity index (χ2n) is 5.11. The third kappa shape index (κ3) is 3.88. The number of nitrogens with zero attached hydrogens (tertiary/aromatic N) is 1. The maximum atomic E-state index is 13.1. The van der Waals surface area contributed by atoms with E-state index in [-0.39, 0.29) is 17.3 Å². The predicted molar refractivity (Wildman–Crippen MR) is 82.6 cm³/mol. The van der Waals surface area contributed by atoms with Gasteiger partial charge in [-0.1, -0.05) is 24.3 Å². The maximum absolute atomic E-state index is 13.1. The van der Waals surface area contributed by atoms with Gasteiger partial charge >= 0.3 is 5.97 Å². The van der Waals surface area contributed by atoms with Crippen molar-refractivity contribution in [2.45, 2.75) is 12.8 Å². The van der Waals surface area contributed by atoms with Crippen LogP contribution in [0.3, 0.4) is 0 Å². The van der Waals surface area contributed by atoms with E-state index in [1.807, 2.05) is 0 Å². The monoisotopic (exact) mass is 313 g/mol. The van der Waals surface area contributed by atoms with Crippen molar-refractivity contribution in [3.8, 4) is 0 Å². The Morgan fingerprint density at radius 2 is 1.78 bits per heavy atom. The molecule has 23 heavy (non-hydrogen) atoms. The normalized spacial score (nSPS) is 15.7. The molecule has 1 heterocycles. The Labute approximate surface area is 131 Å². The number of cyclic esters (lactones) is 1. The highest BCUT2D eigenvalue weighted by molar-refractivity contribution is 6.07. The molecular formula is C18H13F2NO2. The summed E-state index contributed by atoms with van der Waals surface area (Å²) in [5, 5.41) is 0. The van der Waals surface area contributed by atoms with Crippen molar-refractivity contribution < 1.29 is 18.3 Å². The van der Waals surface area contributed by atoms with Crippen molar-refractivity contribution in [1.82, 2.24) is 0 Å². The zero-order valence-electron chi connectivity index (χ0n) is 12.1. The lowest BCUT2D eigenvalue weighted by atomic mass is 10.1. The molecule has 0 bridgehead atoms. The fourth-order valence-electron chi connectivity index (χ4n) is 2.22. The van der Waals surface area contributed by atoms with Crippen LogP contribution < -0.4 is 0 Å². The summed E-state index contributed by atoms with van der Waals surface area (Å²) in [5.74, 6) is -0.921. The summed E-state index contributed by atoms with van der Waals surface area (Å²) in [4.78, 5) is 15.9. The number of aryl methyl sites for hydroxylation is 1. The van der Waals surface area contributed by atoms with Gasteiger partial charge in [0.05, 0.1) is 0 Å². The molecule has 116 valence electrons. The van der Waals surface area contributed by atoms with Crippen molar-refractivity contribution >= 4 is 17.9 Å². The van der Waals surface area contributed by atoms with Gasteiger partial charge in [0.2, 0.25) is 0 Å². The molecule has 0 saturated carbocycles. The number of rotatable bonds is 4. The molecule has 2 aromatic carbocycles. The average molecular weight is 313 g/mol. The fraction of sp³-hybridized carbons (Fsp3) is 0.111. The van der Waals surface area contributed by atoms with Crippen molar-refractivity contribution in [3.05, 3.63) is 77.0 Å². The van der Waals surface area contributed by atoms with Crippen LogP contribution in [0.1, 0.15) is 17.5 Å². The average Bonchev–Trinajstić information content (AvgIpc) is 2.87. The third-order valence-electron chi connectivity index (χ3n) is 3.36. The lowest BCUT2D eigenvalue weighted by molar-refractivity contribution is -0.130. The predicted octanol–water partition coefficient (Wildman–Crippen LogP) is 3.89. The van der Waals surface area contributed by atoms with Crippen LogP contribution in [0.4, 0.5) is 8.78 Å². The van der Waals surface area contributed by atoms with E-state index < -0.39 is 5.97 Å². The molecule has 0 radical (unpaired) electrons. The Kier molecular flexibility index (Phi) is 4.28. The molecule has 0 unspecified atom stereocenters. The van der Waals surface area contributed by atoms with Gasteiger partial charge in [-0.3, -0.25) is 0 Å². The van der Waals surface area contributed by atoms with Gasteiger partial charge in [-0.05, 0) is 47.9 Å². The van der Waals surface area contributed by atoms with E-state index in [0.717, 1.165) is 5.56 Å². The second kappa shape index (κ2) is 6.52. The Bertz CT molecular complexity index is 795. The minimum Gasteiger partial charge on any atom is -0.407 e. The molecule has 5 heteroatoms. The Morgan fingerprint density at radius 1 is 1.00 bits per heavy atom. The molecule has 0 amide bonds. The van der Waals surface area contributed by atoms with Crippen LogP contribution in [0, 0.1) is 11.6 Å². The van der Waals surface area contributed by atoms with Gasteiger partial charge in [-0.15, -0.1) is 0 Å². The SMILES string of the molecule is O=C1OC(CCc2ccc(F)cc2)=N/C1=C/c1cccc(F)c1. The van der Waals surface area contributed by atoms with E-state index >= 15 is 0 Å². The van der Waals surface area contributed by atoms with Gasteiger partial charge in [0.1, 0.15) is 11.6 Å². The summed E-state index contributed by atoms with van der Waals surface area (Å²) < 4.78 is 31.1. The van der Waals surface area contributed by atoms with E-state index in [1.165, 1.54) is 30.3 Å². The van der Waals surface area contributed by atoms with Crippen LogP contribution in [0.2, 0.25) is 0 Å². The quantitative estimate of drug-likeness (QED) is 0.634. The molecule has 0 aromatic heterocycles. The van der Waals surface area contributed by atoms with Gasteiger partial charge in [-0.2, -0.15) is 0 Å². The number of ether oxygens (including phenoxy) is 1. The fourth-order valence-corrected chi connectivity index (χ4v) is 2.22. The van der Waals surface area contributed by atoms with Crippen LogP contribution >= 0.6 is 0 Å². The first kappa shape index (κ1) is 15.1. The van der Waals surface area contributed by atoms with Crippen molar-refractivity contribution in [3.63, 3.8) is 0 Å². The van der Waals surface area contributed by atoms with E-state index in [4.69, 9.17) is 4.74 Å². The Hall–Kier alpha value is -2.82. The largest absolute Gasteiger partial charge is 0.407 e. The molecule has 0 spiro atoms. The van der Waals surface area contributed by atoms with Crippen LogP contribution in [0.25, 0.3) is 6.08 Å². The number of carbonyl (C=O) groups excluding carboxylic acids is 1. The topological polar surface area (TPSA) is 38.7 Å². The van der Waals surface area contributed by atoms with Gasteiger partial charge in [0.25, 0.3) is 0 Å². The number of carbonyl (C=O) groups is 1. The summed E-state index contributed by atoms with van der Waals surface area (Å²) in [6, 6.07) is 12.0. The van der Waals surface area contributed by atoms with E-state index in [9.17, 15) is 13.6 Å². The van der Waals surface area contributed by atoms with Gasteiger partial charge < -0.3 is 4.74 Å². The molecule has 0 aliphatic carbocycles. The third-order valence-corrected chi connectivity index (χ3v) is 3.36. The van der Waals surface area contributed by atoms with Crippen molar-refractivity contribution in [2.75, 3.05) is 0 Å². The van der Waals surface area contributed by atoms with Gasteiger partial charge in [0.15, 0.2) is 11.6 Å². The van der Waals surface area contributed by atoms with Crippen molar-refractivity contribution in [1.29, 1.82) is 0 Å². The first-order chi connectivity index (χ1) is 11.1. The smallest absolute Gasteiger partial charge is 0.363 e. The number of aliphatic imine (C=N–C) groups is 1. The molecule has 0 fully saturated rings. The molecule has 2 aromatic rings. The number of hydrogen-bond donors (Lipinski definition) is 0. The van der Waals surface area contributed by atoms with E-state index in [0.29, 0.717) is 24.3 Å².